The van der Waals surface area contributed by atoms with Crippen molar-refractivity contribution < 1.29 is 19.2 Å². The minimum absolute atomic E-state index is 0.0287. The Morgan fingerprint density at radius 3 is 2.76 bits per heavy atom. The molecular weight excluding hydrogens is 230 g/mol. The summed E-state index contributed by atoms with van der Waals surface area (Å²) in [7, 11) is 1.46. The van der Waals surface area contributed by atoms with E-state index in [1.807, 2.05) is 0 Å². The number of furan rings is 1. The van der Waals surface area contributed by atoms with Gasteiger partial charge in [-0.15, -0.1) is 0 Å². The lowest BCUT2D eigenvalue weighted by molar-refractivity contribution is -0.401. The first kappa shape index (κ1) is 10.9. The van der Waals surface area contributed by atoms with E-state index in [-0.39, 0.29) is 17.1 Å². The van der Waals surface area contributed by atoms with Crippen LogP contribution in [0.25, 0.3) is 11.5 Å². The molecule has 0 radical (unpaired) electrons. The molecule has 0 atom stereocenters. The molecule has 8 nitrogen and oxygen atoms in total. The first-order chi connectivity index (χ1) is 7.99. The standard InChI is InChI=1S/C9H7N3O5/c1-11-6(9(13)14)4-5(10-11)7-2-3-8(17-7)12(15)16/h2-4H,1H3,(H,13,14). The van der Waals surface area contributed by atoms with Gasteiger partial charge in [0.2, 0.25) is 0 Å². The largest absolute Gasteiger partial charge is 0.477 e. The number of aromatic carboxylic acids is 1. The highest BCUT2D eigenvalue weighted by Crippen LogP contribution is 2.25. The summed E-state index contributed by atoms with van der Waals surface area (Å²) in [5.41, 5.74) is 0.206. The van der Waals surface area contributed by atoms with Gasteiger partial charge in [-0.25, -0.2) is 4.79 Å². The molecule has 2 rings (SSSR count). The molecule has 0 spiro atoms. The van der Waals surface area contributed by atoms with Crippen molar-refractivity contribution in [3.05, 3.63) is 34.0 Å². The molecule has 8 heteroatoms. The van der Waals surface area contributed by atoms with E-state index in [0.717, 1.165) is 4.68 Å². The molecule has 0 saturated carbocycles. The van der Waals surface area contributed by atoms with E-state index in [4.69, 9.17) is 9.52 Å². The molecular formula is C9H7N3O5. The summed E-state index contributed by atoms with van der Waals surface area (Å²) in [6, 6.07) is 3.83. The van der Waals surface area contributed by atoms with Crippen molar-refractivity contribution >= 4 is 11.9 Å². The van der Waals surface area contributed by atoms with E-state index >= 15 is 0 Å². The van der Waals surface area contributed by atoms with Gasteiger partial charge >= 0.3 is 11.9 Å². The zero-order chi connectivity index (χ0) is 12.6. The highest BCUT2D eigenvalue weighted by atomic mass is 16.6. The fraction of sp³-hybridized carbons (Fsp3) is 0.111. The van der Waals surface area contributed by atoms with Crippen LogP contribution >= 0.6 is 0 Å². The molecule has 1 N–H and O–H groups in total. The van der Waals surface area contributed by atoms with E-state index in [1.165, 1.54) is 25.2 Å². The summed E-state index contributed by atoms with van der Waals surface area (Å²) in [6.45, 7) is 0. The topological polar surface area (TPSA) is 111 Å². The minimum atomic E-state index is -1.13. The van der Waals surface area contributed by atoms with Crippen LogP contribution in [0.15, 0.2) is 22.6 Å². The van der Waals surface area contributed by atoms with Gasteiger partial charge in [0.25, 0.3) is 0 Å². The SMILES string of the molecule is Cn1nc(-c2ccc([N+](=O)[O-])o2)cc1C(=O)O. The Hall–Kier alpha value is -2.64. The zero-order valence-electron chi connectivity index (χ0n) is 8.65. The number of nitrogens with zero attached hydrogens (tertiary/aromatic N) is 3. The van der Waals surface area contributed by atoms with Crippen LogP contribution in [0.2, 0.25) is 0 Å². The molecule has 2 aromatic rings. The third-order valence-electron chi connectivity index (χ3n) is 2.12. The van der Waals surface area contributed by atoms with Gasteiger partial charge in [-0.1, -0.05) is 0 Å². The van der Waals surface area contributed by atoms with Gasteiger partial charge in [0.1, 0.15) is 16.3 Å². The van der Waals surface area contributed by atoms with Gasteiger partial charge in [0, 0.05) is 13.1 Å². The summed E-state index contributed by atoms with van der Waals surface area (Å²) in [4.78, 5) is 20.5. The Morgan fingerprint density at radius 1 is 1.59 bits per heavy atom. The second kappa shape index (κ2) is 3.74. The van der Waals surface area contributed by atoms with Crippen molar-refractivity contribution in [1.82, 2.24) is 9.78 Å². The van der Waals surface area contributed by atoms with Crippen molar-refractivity contribution in [1.29, 1.82) is 0 Å². The molecule has 88 valence electrons. The monoisotopic (exact) mass is 237 g/mol. The fourth-order valence-electron chi connectivity index (χ4n) is 1.35. The molecule has 0 aliphatic heterocycles. The zero-order valence-corrected chi connectivity index (χ0v) is 8.65. The maximum atomic E-state index is 10.8. The van der Waals surface area contributed by atoms with E-state index in [9.17, 15) is 14.9 Å². The molecule has 0 aromatic carbocycles. The molecule has 0 aliphatic rings. The number of aryl methyl sites for hydroxylation is 1. The summed E-state index contributed by atoms with van der Waals surface area (Å²) < 4.78 is 6.07. The highest BCUT2D eigenvalue weighted by Gasteiger charge is 2.18. The molecule has 0 amide bonds. The van der Waals surface area contributed by atoms with Crippen molar-refractivity contribution in [2.75, 3.05) is 0 Å². The minimum Gasteiger partial charge on any atom is -0.477 e. The predicted molar refractivity (Wildman–Crippen MR) is 54.5 cm³/mol. The average molecular weight is 237 g/mol. The number of hydrogen-bond donors (Lipinski definition) is 1. The summed E-state index contributed by atoms with van der Waals surface area (Å²) in [5.74, 6) is -1.39. The average Bonchev–Trinajstić information content (AvgIpc) is 2.82. The van der Waals surface area contributed by atoms with Crippen LogP contribution in [0.1, 0.15) is 10.5 Å². The predicted octanol–water partition coefficient (Wildman–Crippen LogP) is 1.29. The smallest absolute Gasteiger partial charge is 0.433 e. The molecule has 0 saturated heterocycles. The van der Waals surface area contributed by atoms with Crippen molar-refractivity contribution in [3.8, 4) is 11.5 Å². The van der Waals surface area contributed by atoms with E-state index in [1.54, 1.807) is 0 Å². The van der Waals surface area contributed by atoms with E-state index in [2.05, 4.69) is 5.10 Å². The number of hydrogen-bond acceptors (Lipinski definition) is 5. The van der Waals surface area contributed by atoms with Crippen LogP contribution in [-0.2, 0) is 7.05 Å². The third-order valence-corrected chi connectivity index (χ3v) is 2.12. The van der Waals surface area contributed by atoms with Gasteiger partial charge < -0.3 is 9.52 Å². The Bertz CT molecular complexity index is 598. The maximum Gasteiger partial charge on any atom is 0.433 e. The lowest BCUT2D eigenvalue weighted by Gasteiger charge is -1.91. The lowest BCUT2D eigenvalue weighted by atomic mass is 10.3. The van der Waals surface area contributed by atoms with Gasteiger partial charge in [0.05, 0.1) is 6.07 Å². The molecule has 0 unspecified atom stereocenters. The Balaban J connectivity index is 2.42. The number of carboxylic acids is 1. The summed E-state index contributed by atoms with van der Waals surface area (Å²) in [5, 5.41) is 23.1. The van der Waals surface area contributed by atoms with E-state index in [0.29, 0.717) is 0 Å². The van der Waals surface area contributed by atoms with Gasteiger partial charge in [-0.05, 0) is 6.07 Å². The van der Waals surface area contributed by atoms with Gasteiger partial charge in [-0.2, -0.15) is 5.10 Å². The molecule has 2 heterocycles. The third kappa shape index (κ3) is 1.87. The number of nitro groups is 1. The Morgan fingerprint density at radius 2 is 2.29 bits per heavy atom. The molecule has 17 heavy (non-hydrogen) atoms. The maximum absolute atomic E-state index is 10.8. The Kier molecular flexibility index (Phi) is 2.39. The van der Waals surface area contributed by atoms with Crippen molar-refractivity contribution in [2.45, 2.75) is 0 Å². The van der Waals surface area contributed by atoms with Crippen LogP contribution in [0, 0.1) is 10.1 Å². The number of carbonyl (C=O) groups is 1. The van der Waals surface area contributed by atoms with Gasteiger partial charge in [0.15, 0.2) is 5.76 Å². The molecule has 0 aliphatic carbocycles. The van der Waals surface area contributed by atoms with Gasteiger partial charge in [-0.3, -0.25) is 14.8 Å². The van der Waals surface area contributed by atoms with Crippen LogP contribution in [0.4, 0.5) is 5.88 Å². The quantitative estimate of drug-likeness (QED) is 0.635. The summed E-state index contributed by atoms with van der Waals surface area (Å²) >= 11 is 0. The second-order valence-corrected chi connectivity index (χ2v) is 3.24. The number of aromatic nitrogens is 2. The van der Waals surface area contributed by atoms with Crippen LogP contribution < -0.4 is 0 Å². The Labute approximate surface area is 94.2 Å². The second-order valence-electron chi connectivity index (χ2n) is 3.24. The first-order valence-electron chi connectivity index (χ1n) is 4.51. The fourth-order valence-corrected chi connectivity index (χ4v) is 1.35. The van der Waals surface area contributed by atoms with Crippen LogP contribution in [0.5, 0.6) is 0 Å². The van der Waals surface area contributed by atoms with Crippen molar-refractivity contribution in [2.24, 2.45) is 7.05 Å². The molecule has 0 bridgehead atoms. The van der Waals surface area contributed by atoms with Crippen LogP contribution in [-0.4, -0.2) is 25.8 Å². The molecule has 0 fully saturated rings. The highest BCUT2D eigenvalue weighted by molar-refractivity contribution is 5.87. The molecule has 2 aromatic heterocycles. The summed E-state index contributed by atoms with van der Waals surface area (Å²) in [6.07, 6.45) is 0. The normalized spacial score (nSPS) is 10.4. The van der Waals surface area contributed by atoms with Crippen LogP contribution in [0.3, 0.4) is 0 Å². The lowest BCUT2D eigenvalue weighted by Crippen LogP contribution is -2.04. The first-order valence-corrected chi connectivity index (χ1v) is 4.51. The van der Waals surface area contributed by atoms with E-state index < -0.39 is 16.8 Å². The number of carboxylic acid groups (broad SMARTS) is 1. The van der Waals surface area contributed by atoms with Crippen molar-refractivity contribution in [3.63, 3.8) is 0 Å². The number of rotatable bonds is 3.